The fourth-order valence-electron chi connectivity index (χ4n) is 3.55. The molecule has 4 heteroatoms. The minimum absolute atomic E-state index is 0.471. The van der Waals surface area contributed by atoms with E-state index in [1.165, 1.54) is 12.0 Å². The van der Waals surface area contributed by atoms with Crippen LogP contribution in [0.2, 0.25) is 0 Å². The molecule has 2 heterocycles. The number of nitrogens with one attached hydrogen (secondary N) is 1. The summed E-state index contributed by atoms with van der Waals surface area (Å²) in [5.41, 5.74) is 0.916. The highest BCUT2D eigenvalue weighted by atomic mass is 32.2. The van der Waals surface area contributed by atoms with Gasteiger partial charge in [0.15, 0.2) is 0 Å². The van der Waals surface area contributed by atoms with Gasteiger partial charge in [0.05, 0.1) is 5.60 Å². The first kappa shape index (κ1) is 16.3. The van der Waals surface area contributed by atoms with Crippen LogP contribution in [-0.4, -0.2) is 52.3 Å². The fraction of sp³-hybridized carbons (Fsp3) is 0.667. The lowest BCUT2D eigenvalue weighted by Crippen LogP contribution is -2.47. The molecule has 0 saturated carbocycles. The van der Waals surface area contributed by atoms with Gasteiger partial charge in [-0.25, -0.2) is 0 Å². The minimum atomic E-state index is -0.471. The molecule has 2 aliphatic heterocycles. The van der Waals surface area contributed by atoms with Crippen molar-refractivity contribution in [1.29, 1.82) is 0 Å². The van der Waals surface area contributed by atoms with Gasteiger partial charge in [0.2, 0.25) is 0 Å². The first-order valence-corrected chi connectivity index (χ1v) is 9.62. The predicted molar refractivity (Wildman–Crippen MR) is 94.2 cm³/mol. The summed E-state index contributed by atoms with van der Waals surface area (Å²) in [6, 6.07) is 11.8. The van der Waals surface area contributed by atoms with Gasteiger partial charge in [-0.05, 0) is 43.3 Å². The van der Waals surface area contributed by atoms with E-state index in [9.17, 15) is 5.11 Å². The smallest absolute Gasteiger partial charge is 0.0787 e. The summed E-state index contributed by atoms with van der Waals surface area (Å²) in [5.74, 6) is 2.19. The zero-order valence-electron chi connectivity index (χ0n) is 13.5. The Kier molecular flexibility index (Phi) is 5.45. The lowest BCUT2D eigenvalue weighted by Gasteiger charge is -2.33. The van der Waals surface area contributed by atoms with Crippen molar-refractivity contribution in [2.24, 2.45) is 0 Å². The Bertz CT molecular complexity index is 461. The maximum absolute atomic E-state index is 10.6. The topological polar surface area (TPSA) is 35.5 Å². The van der Waals surface area contributed by atoms with Crippen LogP contribution in [0.4, 0.5) is 0 Å². The number of likely N-dealkylation sites (tertiary alicyclic amines) is 1. The fourth-order valence-corrected chi connectivity index (χ4v) is 4.80. The van der Waals surface area contributed by atoms with Crippen LogP contribution in [0.15, 0.2) is 30.3 Å². The molecule has 1 aromatic carbocycles. The summed E-state index contributed by atoms with van der Waals surface area (Å²) >= 11 is 1.96. The average molecular weight is 321 g/mol. The highest BCUT2D eigenvalue weighted by Crippen LogP contribution is 2.27. The second-order valence-electron chi connectivity index (χ2n) is 6.91. The van der Waals surface area contributed by atoms with Crippen LogP contribution >= 0.6 is 11.8 Å². The van der Waals surface area contributed by atoms with Gasteiger partial charge in [-0.1, -0.05) is 30.3 Å². The summed E-state index contributed by atoms with van der Waals surface area (Å²) in [6.45, 7) is 5.18. The molecule has 2 unspecified atom stereocenters. The summed E-state index contributed by atoms with van der Waals surface area (Å²) in [4.78, 5) is 2.55. The highest BCUT2D eigenvalue weighted by Gasteiger charge is 2.33. The maximum atomic E-state index is 10.6. The normalized spacial score (nSPS) is 28.8. The number of nitrogens with zero attached hydrogens (tertiary/aromatic N) is 1. The molecule has 0 aromatic heterocycles. The molecule has 2 saturated heterocycles. The third kappa shape index (κ3) is 4.25. The van der Waals surface area contributed by atoms with Crippen molar-refractivity contribution in [3.63, 3.8) is 0 Å². The molecule has 0 spiro atoms. The van der Waals surface area contributed by atoms with Crippen LogP contribution in [0.1, 0.15) is 31.7 Å². The molecule has 2 fully saturated rings. The van der Waals surface area contributed by atoms with Crippen molar-refractivity contribution < 1.29 is 5.11 Å². The lowest BCUT2D eigenvalue weighted by molar-refractivity contribution is 0.0298. The SMILES string of the molecule is CC1CC(NCC2(O)CCSCC2)CN1Cc1ccccc1. The van der Waals surface area contributed by atoms with Crippen LogP contribution in [0.3, 0.4) is 0 Å². The van der Waals surface area contributed by atoms with Crippen LogP contribution < -0.4 is 5.32 Å². The molecule has 0 bridgehead atoms. The summed E-state index contributed by atoms with van der Waals surface area (Å²) in [6.07, 6.45) is 3.04. The predicted octanol–water partition coefficient (Wildman–Crippen LogP) is 2.50. The Labute approximate surface area is 138 Å². The Morgan fingerprint density at radius 1 is 1.27 bits per heavy atom. The Morgan fingerprint density at radius 2 is 2.00 bits per heavy atom. The van der Waals surface area contributed by atoms with Crippen molar-refractivity contribution in [2.45, 2.75) is 50.4 Å². The van der Waals surface area contributed by atoms with Gasteiger partial charge in [0, 0.05) is 31.7 Å². The molecule has 2 N–H and O–H groups in total. The molecule has 0 aliphatic carbocycles. The third-order valence-electron chi connectivity index (χ3n) is 5.08. The number of hydrogen-bond donors (Lipinski definition) is 2. The molecule has 0 radical (unpaired) electrons. The van der Waals surface area contributed by atoms with Crippen molar-refractivity contribution in [2.75, 3.05) is 24.6 Å². The van der Waals surface area contributed by atoms with Gasteiger partial charge < -0.3 is 10.4 Å². The van der Waals surface area contributed by atoms with Gasteiger partial charge in [0.25, 0.3) is 0 Å². The number of thioether (sulfide) groups is 1. The van der Waals surface area contributed by atoms with E-state index in [1.54, 1.807) is 0 Å². The van der Waals surface area contributed by atoms with Crippen molar-refractivity contribution >= 4 is 11.8 Å². The number of aliphatic hydroxyl groups is 1. The van der Waals surface area contributed by atoms with Crippen LogP contribution in [0, 0.1) is 0 Å². The van der Waals surface area contributed by atoms with E-state index in [0.29, 0.717) is 12.1 Å². The van der Waals surface area contributed by atoms with Crippen LogP contribution in [-0.2, 0) is 6.54 Å². The van der Waals surface area contributed by atoms with Crippen LogP contribution in [0.25, 0.3) is 0 Å². The summed E-state index contributed by atoms with van der Waals surface area (Å²) < 4.78 is 0. The van der Waals surface area contributed by atoms with E-state index in [1.807, 2.05) is 11.8 Å². The largest absolute Gasteiger partial charge is 0.389 e. The molecule has 1 aromatic rings. The number of benzene rings is 1. The van der Waals surface area contributed by atoms with Gasteiger partial charge in [-0.15, -0.1) is 0 Å². The third-order valence-corrected chi connectivity index (χ3v) is 6.06. The first-order chi connectivity index (χ1) is 10.6. The maximum Gasteiger partial charge on any atom is 0.0787 e. The molecule has 122 valence electrons. The van der Waals surface area contributed by atoms with E-state index in [2.05, 4.69) is 47.5 Å². The van der Waals surface area contributed by atoms with E-state index in [-0.39, 0.29) is 0 Å². The monoisotopic (exact) mass is 320 g/mol. The molecule has 3 nitrogen and oxygen atoms in total. The Morgan fingerprint density at radius 3 is 2.73 bits per heavy atom. The standard InChI is InChI=1S/C18H28N2OS/c1-15-11-17(19-14-18(21)7-9-22-10-8-18)13-20(15)12-16-5-3-2-4-6-16/h2-6,15,17,19,21H,7-14H2,1H3. The molecule has 2 aliphatic rings. The van der Waals surface area contributed by atoms with Crippen molar-refractivity contribution in [1.82, 2.24) is 10.2 Å². The number of rotatable bonds is 5. The van der Waals surface area contributed by atoms with Gasteiger partial charge in [-0.3, -0.25) is 4.90 Å². The average Bonchev–Trinajstić information content (AvgIpc) is 2.87. The minimum Gasteiger partial charge on any atom is -0.389 e. The van der Waals surface area contributed by atoms with Crippen molar-refractivity contribution in [3.8, 4) is 0 Å². The van der Waals surface area contributed by atoms with E-state index in [0.717, 1.165) is 44.0 Å². The Hall–Kier alpha value is -0.550. The van der Waals surface area contributed by atoms with E-state index >= 15 is 0 Å². The summed E-state index contributed by atoms with van der Waals surface area (Å²) in [5, 5.41) is 14.2. The molecular formula is C18H28N2OS. The zero-order chi connectivity index (χ0) is 15.4. The second kappa shape index (κ2) is 7.35. The number of hydrogen-bond acceptors (Lipinski definition) is 4. The van der Waals surface area contributed by atoms with Gasteiger partial charge in [0.1, 0.15) is 0 Å². The molecule has 22 heavy (non-hydrogen) atoms. The summed E-state index contributed by atoms with van der Waals surface area (Å²) in [7, 11) is 0. The van der Waals surface area contributed by atoms with E-state index in [4.69, 9.17) is 0 Å². The molecule has 0 amide bonds. The van der Waals surface area contributed by atoms with Crippen LogP contribution in [0.5, 0.6) is 0 Å². The van der Waals surface area contributed by atoms with Crippen molar-refractivity contribution in [3.05, 3.63) is 35.9 Å². The van der Waals surface area contributed by atoms with Gasteiger partial charge in [-0.2, -0.15) is 11.8 Å². The molecule has 3 rings (SSSR count). The second-order valence-corrected chi connectivity index (χ2v) is 8.14. The van der Waals surface area contributed by atoms with E-state index < -0.39 is 5.60 Å². The highest BCUT2D eigenvalue weighted by molar-refractivity contribution is 7.99. The first-order valence-electron chi connectivity index (χ1n) is 8.46. The quantitative estimate of drug-likeness (QED) is 0.874. The molecular weight excluding hydrogens is 292 g/mol. The Balaban J connectivity index is 1.48. The molecule has 2 atom stereocenters. The lowest BCUT2D eigenvalue weighted by atomic mass is 9.96. The van der Waals surface area contributed by atoms with Gasteiger partial charge >= 0.3 is 0 Å². The zero-order valence-corrected chi connectivity index (χ0v) is 14.3.